The van der Waals surface area contributed by atoms with Gasteiger partial charge in [0.25, 0.3) is 0 Å². The Kier molecular flexibility index (Phi) is 53.9. The van der Waals surface area contributed by atoms with E-state index in [1.165, 1.54) is 109 Å². The van der Waals surface area contributed by atoms with Gasteiger partial charge in [0.05, 0.1) is 26.4 Å². The molecule has 0 fully saturated rings. The minimum absolute atomic E-state index is 0.104. The van der Waals surface area contributed by atoms with Crippen molar-refractivity contribution >= 4 is 39.5 Å². The largest absolute Gasteiger partial charge is 0.472 e. The van der Waals surface area contributed by atoms with Crippen molar-refractivity contribution in [2.45, 2.75) is 322 Å². The van der Waals surface area contributed by atoms with E-state index in [0.717, 1.165) is 116 Å². The molecule has 2 unspecified atom stereocenters. The predicted molar refractivity (Wildman–Crippen MR) is 312 cm³/mol. The summed E-state index contributed by atoms with van der Waals surface area (Å²) >= 11 is 0. The van der Waals surface area contributed by atoms with Crippen LogP contribution in [0.2, 0.25) is 0 Å². The fraction of sp³-hybridized carbons (Fsp3) is 0.933. The number of unbranched alkanes of at least 4 members (excludes halogenated alkanes) is 35. The van der Waals surface area contributed by atoms with Gasteiger partial charge >= 0.3 is 39.5 Å². The van der Waals surface area contributed by atoms with Gasteiger partial charge in [0.2, 0.25) is 0 Å². The topological polar surface area (TPSA) is 237 Å². The van der Waals surface area contributed by atoms with Gasteiger partial charge in [0, 0.05) is 25.7 Å². The lowest BCUT2D eigenvalue weighted by Crippen LogP contribution is -2.30. The molecule has 0 aromatic heterocycles. The molecule has 0 spiro atoms. The molecule has 0 saturated heterocycles. The highest BCUT2D eigenvalue weighted by Gasteiger charge is 2.30. The van der Waals surface area contributed by atoms with E-state index in [1.807, 2.05) is 0 Å². The molecule has 0 aliphatic rings. The van der Waals surface area contributed by atoms with Gasteiger partial charge in [-0.15, -0.1) is 0 Å². The second-order valence-corrected chi connectivity index (χ2v) is 24.6. The van der Waals surface area contributed by atoms with E-state index in [1.54, 1.807) is 0 Å². The number of aliphatic hydroxyl groups is 1. The molecule has 0 aromatic carbocycles. The number of hydrogen-bond acceptors (Lipinski definition) is 15. The minimum atomic E-state index is -4.94. The van der Waals surface area contributed by atoms with Gasteiger partial charge in [-0.3, -0.25) is 37.3 Å². The summed E-state index contributed by atoms with van der Waals surface area (Å²) in [5.41, 5.74) is 0. The maximum Gasteiger partial charge on any atom is 0.472 e. The lowest BCUT2D eigenvalue weighted by molar-refractivity contribution is -0.161. The molecule has 0 aliphatic carbocycles. The molecule has 17 nitrogen and oxygen atoms in total. The molecule has 0 rings (SSSR count). The molecule has 5 atom stereocenters. The fourth-order valence-electron chi connectivity index (χ4n) is 8.93. The number of ether oxygens (including phenoxy) is 4. The molecule has 3 N–H and O–H groups in total. The van der Waals surface area contributed by atoms with Crippen LogP contribution < -0.4 is 0 Å². The summed E-state index contributed by atoms with van der Waals surface area (Å²) in [5.74, 6) is -2.15. The average Bonchev–Trinajstić information content (AvgIpc) is 3.42. The van der Waals surface area contributed by atoms with E-state index in [4.69, 9.17) is 37.0 Å². The summed E-state index contributed by atoms with van der Waals surface area (Å²) in [6.45, 7) is 4.78. The van der Waals surface area contributed by atoms with Crippen LogP contribution in [0.15, 0.2) is 0 Å². The summed E-state index contributed by atoms with van der Waals surface area (Å²) < 4.78 is 67.6. The van der Waals surface area contributed by atoms with E-state index in [2.05, 4.69) is 27.7 Å². The summed E-state index contributed by atoms with van der Waals surface area (Å²) in [4.78, 5) is 71.8. The van der Waals surface area contributed by atoms with Gasteiger partial charge < -0.3 is 33.8 Å². The lowest BCUT2D eigenvalue weighted by atomic mass is 10.0. The summed E-state index contributed by atoms with van der Waals surface area (Å²) in [6.07, 6.45) is 39.2. The van der Waals surface area contributed by atoms with Crippen LogP contribution in [-0.4, -0.2) is 96.7 Å². The monoisotopic (exact) mass is 1170 g/mol. The third kappa shape index (κ3) is 55.0. The number of rotatable bonds is 61. The maximum absolute atomic E-state index is 12.9. The molecule has 19 heteroatoms. The number of hydrogen-bond donors (Lipinski definition) is 3. The second kappa shape index (κ2) is 55.3. The summed E-state index contributed by atoms with van der Waals surface area (Å²) in [6, 6.07) is 0. The molecule has 468 valence electrons. The van der Waals surface area contributed by atoms with Crippen LogP contribution in [0.25, 0.3) is 0 Å². The smallest absolute Gasteiger partial charge is 0.462 e. The number of phosphoric acid groups is 2. The Bertz CT molecular complexity index is 1540. The standard InChI is InChI=1S/C60H116O17P2/c1-5-9-13-17-21-23-25-26-27-28-29-31-34-37-41-45-58(63)71-51-56(77-60(65)47-43-39-35-30-24-22-18-14-10-6-2)53-75-79(68,69)73-49-54(61)48-72-78(66,67)74-52-55(76-59(64)46-42-38-33-20-16-12-8-4)50-70-57(62)44-40-36-32-19-15-11-7-3/h54-56,61H,5-53H2,1-4H3,(H,66,67)(H,68,69)/t54-,55-,56-/m1/s1. The first-order valence-corrected chi connectivity index (χ1v) is 34.8. The van der Waals surface area contributed by atoms with Crippen molar-refractivity contribution < 1.29 is 80.2 Å². The van der Waals surface area contributed by atoms with Crippen molar-refractivity contribution in [1.29, 1.82) is 0 Å². The quantitative estimate of drug-likeness (QED) is 0.0222. The lowest BCUT2D eigenvalue weighted by Gasteiger charge is -2.21. The third-order valence-electron chi connectivity index (χ3n) is 13.9. The highest BCUT2D eigenvalue weighted by molar-refractivity contribution is 7.47. The van der Waals surface area contributed by atoms with Crippen LogP contribution in [-0.2, 0) is 65.4 Å². The first kappa shape index (κ1) is 77.1. The average molecular weight is 1170 g/mol. The zero-order valence-electron chi connectivity index (χ0n) is 50.3. The van der Waals surface area contributed by atoms with Gasteiger partial charge in [-0.1, -0.05) is 252 Å². The Labute approximate surface area is 479 Å². The van der Waals surface area contributed by atoms with Crippen LogP contribution in [0.3, 0.4) is 0 Å². The normalized spacial score (nSPS) is 14.3. The van der Waals surface area contributed by atoms with Crippen LogP contribution >= 0.6 is 15.6 Å². The zero-order chi connectivity index (χ0) is 58.3. The van der Waals surface area contributed by atoms with Crippen molar-refractivity contribution in [1.82, 2.24) is 0 Å². The highest BCUT2D eigenvalue weighted by atomic mass is 31.2. The van der Waals surface area contributed by atoms with Gasteiger partial charge in [-0.2, -0.15) is 0 Å². The Morgan fingerprint density at radius 3 is 0.747 bits per heavy atom. The Morgan fingerprint density at radius 2 is 0.506 bits per heavy atom. The van der Waals surface area contributed by atoms with Crippen LogP contribution in [0.4, 0.5) is 0 Å². The molecule has 0 aliphatic heterocycles. The number of esters is 4. The molecule has 0 bridgehead atoms. The Hall–Kier alpha value is -1.94. The first-order valence-electron chi connectivity index (χ1n) is 31.8. The molecule has 79 heavy (non-hydrogen) atoms. The van der Waals surface area contributed by atoms with Gasteiger partial charge in [-0.25, -0.2) is 9.13 Å². The van der Waals surface area contributed by atoms with E-state index in [9.17, 15) is 43.2 Å². The van der Waals surface area contributed by atoms with Gasteiger partial charge in [0.1, 0.15) is 19.3 Å². The van der Waals surface area contributed by atoms with E-state index < -0.39 is 97.5 Å². The molecular weight excluding hydrogens is 1050 g/mol. The Morgan fingerprint density at radius 1 is 0.304 bits per heavy atom. The molecular formula is C60H116O17P2. The number of aliphatic hydroxyl groups excluding tert-OH is 1. The van der Waals surface area contributed by atoms with Crippen molar-refractivity contribution in [3.63, 3.8) is 0 Å². The van der Waals surface area contributed by atoms with Crippen LogP contribution in [0, 0.1) is 0 Å². The second-order valence-electron chi connectivity index (χ2n) is 21.7. The predicted octanol–water partition coefficient (Wildman–Crippen LogP) is 16.4. The third-order valence-corrected chi connectivity index (χ3v) is 15.8. The van der Waals surface area contributed by atoms with E-state index in [0.29, 0.717) is 25.7 Å². The molecule has 0 aromatic rings. The fourth-order valence-corrected chi connectivity index (χ4v) is 10.5. The molecule has 0 heterocycles. The van der Waals surface area contributed by atoms with Crippen LogP contribution in [0.5, 0.6) is 0 Å². The Balaban J connectivity index is 5.14. The summed E-state index contributed by atoms with van der Waals surface area (Å²) in [7, 11) is -9.86. The number of carbonyl (C=O) groups excluding carboxylic acids is 4. The molecule has 0 amide bonds. The van der Waals surface area contributed by atoms with Gasteiger partial charge in [-0.05, 0) is 25.7 Å². The van der Waals surface area contributed by atoms with Crippen molar-refractivity contribution in [2.75, 3.05) is 39.6 Å². The summed E-state index contributed by atoms with van der Waals surface area (Å²) in [5, 5.41) is 10.5. The molecule has 0 saturated carbocycles. The molecule has 0 radical (unpaired) electrons. The zero-order valence-corrected chi connectivity index (χ0v) is 52.1. The maximum atomic E-state index is 12.9. The highest BCUT2D eigenvalue weighted by Crippen LogP contribution is 2.45. The number of phosphoric ester groups is 2. The van der Waals surface area contributed by atoms with Crippen molar-refractivity contribution in [3.8, 4) is 0 Å². The SMILES string of the molecule is CCCCCCCCCCCCCCCCCC(=O)OC[C@H](COP(=O)(O)OC[C@H](O)COP(=O)(O)OC[C@@H](COC(=O)CCCCCCCCC)OC(=O)CCCCCCCCC)OC(=O)CCCCCCCCCCCC. The number of carbonyl (C=O) groups is 4. The van der Waals surface area contributed by atoms with Gasteiger partial charge in [0.15, 0.2) is 12.2 Å². The van der Waals surface area contributed by atoms with Crippen molar-refractivity contribution in [2.24, 2.45) is 0 Å². The van der Waals surface area contributed by atoms with E-state index in [-0.39, 0.29) is 25.7 Å². The minimum Gasteiger partial charge on any atom is -0.462 e. The van der Waals surface area contributed by atoms with E-state index >= 15 is 0 Å². The van der Waals surface area contributed by atoms with Crippen LogP contribution in [0.1, 0.15) is 304 Å². The van der Waals surface area contributed by atoms with Crippen molar-refractivity contribution in [3.05, 3.63) is 0 Å². The first-order chi connectivity index (χ1) is 38.2.